The van der Waals surface area contributed by atoms with E-state index in [1.54, 1.807) is 24.0 Å². The third-order valence-electron chi connectivity index (χ3n) is 4.22. The average Bonchev–Trinajstić information content (AvgIpc) is 2.97. The van der Waals surface area contributed by atoms with E-state index >= 15 is 0 Å². The van der Waals surface area contributed by atoms with Crippen molar-refractivity contribution >= 4 is 5.91 Å². The number of aromatic nitrogens is 1. The van der Waals surface area contributed by atoms with E-state index in [4.69, 9.17) is 9.26 Å². The molecule has 128 valence electrons. The molecule has 2 heterocycles. The van der Waals surface area contributed by atoms with Crippen LogP contribution in [0.4, 0.5) is 4.39 Å². The third-order valence-corrected chi connectivity index (χ3v) is 4.22. The molecule has 0 aliphatic carbocycles. The van der Waals surface area contributed by atoms with Crippen molar-refractivity contribution < 1.29 is 18.4 Å². The molecule has 1 aromatic heterocycles. The van der Waals surface area contributed by atoms with Gasteiger partial charge in [0.15, 0.2) is 5.76 Å². The SMILES string of the molecule is Cc1noc(C(C)C)c1C(=O)N1CCOC(c2ccc(F)cc2)C1. The van der Waals surface area contributed by atoms with Crippen LogP contribution in [0.5, 0.6) is 0 Å². The predicted octanol–water partition coefficient (Wildman–Crippen LogP) is 3.46. The Morgan fingerprint density at radius 1 is 1.33 bits per heavy atom. The smallest absolute Gasteiger partial charge is 0.259 e. The fraction of sp³-hybridized carbons (Fsp3) is 0.444. The highest BCUT2D eigenvalue weighted by Crippen LogP contribution is 2.27. The van der Waals surface area contributed by atoms with Crippen LogP contribution in [-0.2, 0) is 4.74 Å². The summed E-state index contributed by atoms with van der Waals surface area (Å²) in [5, 5.41) is 3.95. The van der Waals surface area contributed by atoms with E-state index in [-0.39, 0.29) is 23.7 Å². The van der Waals surface area contributed by atoms with Crippen LogP contribution in [0, 0.1) is 12.7 Å². The highest BCUT2D eigenvalue weighted by atomic mass is 19.1. The number of benzene rings is 1. The molecule has 6 heteroatoms. The largest absolute Gasteiger partial charge is 0.370 e. The van der Waals surface area contributed by atoms with Crippen molar-refractivity contribution in [1.82, 2.24) is 10.1 Å². The molecule has 1 aromatic carbocycles. The lowest BCUT2D eigenvalue weighted by molar-refractivity contribution is -0.0229. The quantitative estimate of drug-likeness (QED) is 0.864. The number of hydrogen-bond acceptors (Lipinski definition) is 4. The van der Waals surface area contributed by atoms with Gasteiger partial charge in [0, 0.05) is 12.5 Å². The molecule has 1 atom stereocenters. The highest BCUT2D eigenvalue weighted by Gasteiger charge is 2.31. The van der Waals surface area contributed by atoms with E-state index in [2.05, 4.69) is 5.16 Å². The number of amides is 1. The summed E-state index contributed by atoms with van der Waals surface area (Å²) >= 11 is 0. The number of ether oxygens (including phenoxy) is 1. The summed E-state index contributed by atoms with van der Waals surface area (Å²) in [5.74, 6) is 0.318. The molecular formula is C18H21FN2O3. The maximum Gasteiger partial charge on any atom is 0.259 e. The van der Waals surface area contributed by atoms with Gasteiger partial charge in [-0.25, -0.2) is 4.39 Å². The van der Waals surface area contributed by atoms with Crippen molar-refractivity contribution in [3.05, 3.63) is 52.7 Å². The van der Waals surface area contributed by atoms with Gasteiger partial charge >= 0.3 is 0 Å². The summed E-state index contributed by atoms with van der Waals surface area (Å²) in [6.45, 7) is 7.09. The summed E-state index contributed by atoms with van der Waals surface area (Å²) < 4.78 is 24.2. The Labute approximate surface area is 140 Å². The maximum absolute atomic E-state index is 13.1. The molecule has 2 aromatic rings. The first-order valence-electron chi connectivity index (χ1n) is 8.10. The van der Waals surface area contributed by atoms with Gasteiger partial charge in [0.2, 0.25) is 0 Å². The molecule has 1 aliphatic rings. The Kier molecular flexibility index (Phi) is 4.66. The summed E-state index contributed by atoms with van der Waals surface area (Å²) in [6, 6.07) is 6.19. The summed E-state index contributed by atoms with van der Waals surface area (Å²) in [4.78, 5) is 14.7. The molecule has 3 rings (SSSR count). The van der Waals surface area contributed by atoms with Crippen LogP contribution in [0.3, 0.4) is 0 Å². The minimum atomic E-state index is -0.288. The van der Waals surface area contributed by atoms with Crippen LogP contribution >= 0.6 is 0 Å². The van der Waals surface area contributed by atoms with Gasteiger partial charge in [0.25, 0.3) is 5.91 Å². The molecular weight excluding hydrogens is 311 g/mol. The molecule has 24 heavy (non-hydrogen) atoms. The van der Waals surface area contributed by atoms with Crippen LogP contribution in [0.25, 0.3) is 0 Å². The van der Waals surface area contributed by atoms with Gasteiger partial charge in [0.05, 0.1) is 18.8 Å². The van der Waals surface area contributed by atoms with E-state index in [0.717, 1.165) is 5.56 Å². The molecule has 1 aliphatic heterocycles. The van der Waals surface area contributed by atoms with Gasteiger partial charge in [0.1, 0.15) is 17.5 Å². The van der Waals surface area contributed by atoms with Crippen LogP contribution in [0.2, 0.25) is 0 Å². The number of nitrogens with zero attached hydrogens (tertiary/aromatic N) is 2. The minimum Gasteiger partial charge on any atom is -0.370 e. The van der Waals surface area contributed by atoms with E-state index in [9.17, 15) is 9.18 Å². The van der Waals surface area contributed by atoms with Crippen molar-refractivity contribution in [1.29, 1.82) is 0 Å². The second kappa shape index (κ2) is 6.73. The number of morpholine rings is 1. The molecule has 0 spiro atoms. The van der Waals surface area contributed by atoms with Crippen LogP contribution in [-0.4, -0.2) is 35.7 Å². The Morgan fingerprint density at radius 2 is 2.04 bits per heavy atom. The maximum atomic E-state index is 13.1. The fourth-order valence-corrected chi connectivity index (χ4v) is 2.91. The first kappa shape index (κ1) is 16.6. The van der Waals surface area contributed by atoms with E-state index < -0.39 is 0 Å². The molecule has 5 nitrogen and oxygen atoms in total. The van der Waals surface area contributed by atoms with Crippen LogP contribution in [0.1, 0.15) is 53.2 Å². The zero-order valence-corrected chi connectivity index (χ0v) is 14.1. The van der Waals surface area contributed by atoms with Crippen molar-refractivity contribution in [3.63, 3.8) is 0 Å². The van der Waals surface area contributed by atoms with E-state index in [0.29, 0.717) is 36.7 Å². The molecule has 0 bridgehead atoms. The van der Waals surface area contributed by atoms with Crippen molar-refractivity contribution in [2.24, 2.45) is 0 Å². The zero-order chi connectivity index (χ0) is 17.3. The zero-order valence-electron chi connectivity index (χ0n) is 14.1. The van der Waals surface area contributed by atoms with Gasteiger partial charge in [-0.15, -0.1) is 0 Å². The van der Waals surface area contributed by atoms with Crippen LogP contribution < -0.4 is 0 Å². The monoisotopic (exact) mass is 332 g/mol. The Morgan fingerprint density at radius 3 is 2.71 bits per heavy atom. The van der Waals surface area contributed by atoms with E-state index in [1.807, 2.05) is 13.8 Å². The highest BCUT2D eigenvalue weighted by molar-refractivity contribution is 5.96. The second-order valence-corrected chi connectivity index (χ2v) is 6.32. The van der Waals surface area contributed by atoms with Gasteiger partial charge in [-0.2, -0.15) is 0 Å². The summed E-state index contributed by atoms with van der Waals surface area (Å²) in [7, 11) is 0. The number of rotatable bonds is 3. The molecule has 0 radical (unpaired) electrons. The fourth-order valence-electron chi connectivity index (χ4n) is 2.91. The number of aryl methyl sites for hydroxylation is 1. The van der Waals surface area contributed by atoms with Gasteiger partial charge in [-0.3, -0.25) is 4.79 Å². The molecule has 1 saturated heterocycles. The standard InChI is InChI=1S/C18H21FN2O3/c1-11(2)17-16(12(3)20-24-17)18(22)21-8-9-23-15(10-21)13-4-6-14(19)7-5-13/h4-7,11,15H,8-10H2,1-3H3. The van der Waals surface area contributed by atoms with Gasteiger partial charge < -0.3 is 14.2 Å². The number of halogens is 1. The molecule has 1 fully saturated rings. The average molecular weight is 332 g/mol. The molecule has 0 N–H and O–H groups in total. The lowest BCUT2D eigenvalue weighted by Gasteiger charge is -2.33. The molecule has 1 unspecified atom stereocenters. The van der Waals surface area contributed by atoms with Crippen molar-refractivity contribution in [3.8, 4) is 0 Å². The Bertz CT molecular complexity index is 724. The lowest BCUT2D eigenvalue weighted by atomic mass is 10.0. The number of carbonyl (C=O) groups is 1. The lowest BCUT2D eigenvalue weighted by Crippen LogP contribution is -2.42. The number of carbonyl (C=O) groups excluding carboxylic acids is 1. The normalized spacial score (nSPS) is 18.2. The van der Waals surface area contributed by atoms with Crippen LogP contribution in [0.15, 0.2) is 28.8 Å². The summed E-state index contributed by atoms with van der Waals surface area (Å²) in [5.41, 5.74) is 2.01. The Hall–Kier alpha value is -2.21. The molecule has 0 saturated carbocycles. The van der Waals surface area contributed by atoms with Gasteiger partial charge in [-0.05, 0) is 24.6 Å². The first-order chi connectivity index (χ1) is 11.5. The number of hydrogen-bond donors (Lipinski definition) is 0. The van der Waals surface area contributed by atoms with Crippen molar-refractivity contribution in [2.45, 2.75) is 32.8 Å². The first-order valence-corrected chi connectivity index (χ1v) is 8.10. The topological polar surface area (TPSA) is 55.6 Å². The predicted molar refractivity (Wildman–Crippen MR) is 86.3 cm³/mol. The molecule has 1 amide bonds. The summed E-state index contributed by atoms with van der Waals surface area (Å²) in [6.07, 6.45) is -0.258. The second-order valence-electron chi connectivity index (χ2n) is 6.32. The Balaban J connectivity index is 1.81. The van der Waals surface area contributed by atoms with Crippen molar-refractivity contribution in [2.75, 3.05) is 19.7 Å². The minimum absolute atomic E-state index is 0.0825. The van der Waals surface area contributed by atoms with E-state index in [1.165, 1.54) is 12.1 Å². The third kappa shape index (κ3) is 3.19. The van der Waals surface area contributed by atoms with Gasteiger partial charge in [-0.1, -0.05) is 31.1 Å².